The van der Waals surface area contributed by atoms with Crippen LogP contribution in [0, 0.1) is 16.0 Å². The Balaban J connectivity index is 0.000000322. The predicted octanol–water partition coefficient (Wildman–Crippen LogP) is 9.26. The van der Waals surface area contributed by atoms with Crippen LogP contribution in [0.1, 0.15) is 75.7 Å². The number of carboxylic acids is 1. The van der Waals surface area contributed by atoms with Crippen LogP contribution in [0.4, 0.5) is 18.9 Å². The van der Waals surface area contributed by atoms with Crippen LogP contribution in [0.5, 0.6) is 11.5 Å². The zero-order chi connectivity index (χ0) is 34.6. The Morgan fingerprint density at radius 1 is 1.20 bits per heavy atom. The maximum absolute atomic E-state index is 12.6. The highest BCUT2D eigenvalue weighted by Crippen LogP contribution is 2.37. The molecule has 46 heavy (non-hydrogen) atoms. The summed E-state index contributed by atoms with van der Waals surface area (Å²) >= 11 is 7.62. The Morgan fingerprint density at radius 2 is 1.89 bits per heavy atom. The minimum atomic E-state index is -4.58. The molecule has 252 valence electrons. The summed E-state index contributed by atoms with van der Waals surface area (Å²) in [5, 5.41) is 34.3. The van der Waals surface area contributed by atoms with E-state index in [0.717, 1.165) is 48.9 Å². The van der Waals surface area contributed by atoms with Crippen molar-refractivity contribution in [1.82, 2.24) is 0 Å². The fraction of sp³-hybridized carbons (Fsp3) is 0.452. The van der Waals surface area contributed by atoms with E-state index in [1.165, 1.54) is 0 Å². The minimum absolute atomic E-state index is 0.00866. The number of nitro groups is 1. The zero-order valence-corrected chi connectivity index (χ0v) is 27.3. The van der Waals surface area contributed by atoms with Gasteiger partial charge in [0.2, 0.25) is 0 Å². The number of ketones is 1. The lowest BCUT2D eigenvalue weighted by Crippen LogP contribution is -2.26. The number of aliphatic hydroxyl groups is 1. The van der Waals surface area contributed by atoms with Crippen LogP contribution >= 0.6 is 23.4 Å². The number of carbonyl (C=O) groups is 2. The molecule has 2 unspecified atom stereocenters. The molecule has 1 aliphatic carbocycles. The molecule has 2 atom stereocenters. The number of thioether (sulfide) groups is 1. The van der Waals surface area contributed by atoms with Crippen molar-refractivity contribution in [2.24, 2.45) is 11.1 Å². The Labute approximate surface area is 273 Å². The quantitative estimate of drug-likeness (QED) is 0.119. The summed E-state index contributed by atoms with van der Waals surface area (Å²) in [5.41, 5.74) is -1.24. The van der Waals surface area contributed by atoms with Gasteiger partial charge in [0, 0.05) is 30.2 Å². The Bertz CT molecular complexity index is 1470. The topological polar surface area (TPSA) is 149 Å². The van der Waals surface area contributed by atoms with E-state index in [0.29, 0.717) is 48.5 Å². The van der Waals surface area contributed by atoms with Crippen molar-refractivity contribution in [1.29, 1.82) is 0 Å². The lowest BCUT2D eigenvalue weighted by atomic mass is 9.82. The number of Topliss-reactive ketones (excluding diaryl/α,β-unsaturated/α-hetero) is 1. The van der Waals surface area contributed by atoms with E-state index in [1.54, 1.807) is 0 Å². The van der Waals surface area contributed by atoms with Gasteiger partial charge < -0.3 is 19.8 Å². The van der Waals surface area contributed by atoms with Gasteiger partial charge >= 0.3 is 12.1 Å². The van der Waals surface area contributed by atoms with E-state index in [-0.39, 0.29) is 34.0 Å². The first kappa shape index (κ1) is 38.4. The molecule has 0 heterocycles. The largest absolute Gasteiger partial charge is 0.511 e. The summed E-state index contributed by atoms with van der Waals surface area (Å²) in [7, 11) is 0. The molecule has 10 nitrogen and oxygen atoms in total. The maximum atomic E-state index is 12.6. The standard InChI is InChI=1S/C17H29NO3S.C14H7ClF3NO5/c1-5-8-14(18-21-6-2)17-15(19)10-13(11-16(17)20)9-12(4)22-7-3;15-10-5-7(14(16,17)18)1-4-12(10)24-8-2-3-11(19(22)23)9(6-8)13(20)21/h12-13,19H,5-11H2,1-4H3;1-6H,(H,20,21). The lowest BCUT2D eigenvalue weighted by molar-refractivity contribution is -0.385. The molecule has 0 radical (unpaired) electrons. The number of nitrogens with zero attached hydrogens (tertiary/aromatic N) is 2. The third-order valence-electron chi connectivity index (χ3n) is 6.60. The third kappa shape index (κ3) is 11.2. The number of carbonyl (C=O) groups excluding carboxylic acids is 1. The summed E-state index contributed by atoms with van der Waals surface area (Å²) in [6.45, 7) is 8.67. The summed E-state index contributed by atoms with van der Waals surface area (Å²) in [4.78, 5) is 38.5. The van der Waals surface area contributed by atoms with Crippen molar-refractivity contribution >= 4 is 46.5 Å². The first-order valence-corrected chi connectivity index (χ1v) is 15.9. The highest BCUT2D eigenvalue weighted by molar-refractivity contribution is 7.99. The van der Waals surface area contributed by atoms with Gasteiger partial charge in [-0.1, -0.05) is 43.9 Å². The monoisotopic (exact) mass is 688 g/mol. The molecule has 0 saturated heterocycles. The van der Waals surface area contributed by atoms with Crippen LogP contribution < -0.4 is 4.74 Å². The number of rotatable bonds is 13. The average Bonchev–Trinajstić information content (AvgIpc) is 2.96. The Kier molecular flexibility index (Phi) is 14.9. The number of carboxylic acid groups (broad SMARTS) is 1. The van der Waals surface area contributed by atoms with Crippen LogP contribution in [0.3, 0.4) is 0 Å². The SMILES string of the molecule is CCCC(=NOCC)C1=C(O)CC(CC(C)SCC)CC1=O.O=C(O)c1cc(Oc2ccc(C(F)(F)F)cc2Cl)ccc1[N+](=O)[O-]. The predicted molar refractivity (Wildman–Crippen MR) is 170 cm³/mol. The third-order valence-corrected chi connectivity index (χ3v) is 7.99. The molecule has 2 N–H and O–H groups in total. The first-order chi connectivity index (χ1) is 21.6. The second-order valence-electron chi connectivity index (χ2n) is 10.2. The number of aromatic carboxylic acids is 1. The van der Waals surface area contributed by atoms with Gasteiger partial charge in [0.1, 0.15) is 29.4 Å². The molecular weight excluding hydrogens is 653 g/mol. The molecule has 0 aromatic heterocycles. The zero-order valence-electron chi connectivity index (χ0n) is 25.7. The van der Waals surface area contributed by atoms with Crippen LogP contribution in [-0.4, -0.2) is 50.2 Å². The van der Waals surface area contributed by atoms with Crippen molar-refractivity contribution in [2.75, 3.05) is 12.4 Å². The molecule has 15 heteroatoms. The van der Waals surface area contributed by atoms with Crippen LogP contribution in [0.25, 0.3) is 0 Å². The van der Waals surface area contributed by atoms with E-state index in [4.69, 9.17) is 26.3 Å². The number of halogens is 4. The van der Waals surface area contributed by atoms with Gasteiger partial charge in [-0.2, -0.15) is 24.9 Å². The van der Waals surface area contributed by atoms with Gasteiger partial charge in [-0.15, -0.1) is 0 Å². The number of alkyl halides is 3. The van der Waals surface area contributed by atoms with Gasteiger partial charge in [-0.25, -0.2) is 4.79 Å². The first-order valence-electron chi connectivity index (χ1n) is 14.4. The molecule has 0 aliphatic heterocycles. The molecule has 0 amide bonds. The van der Waals surface area contributed by atoms with E-state index in [2.05, 4.69) is 19.0 Å². The molecule has 2 aromatic carbocycles. The lowest BCUT2D eigenvalue weighted by Gasteiger charge is -2.25. The molecule has 0 fully saturated rings. The molecular formula is C31H36ClF3N2O8S. The number of hydrogen-bond acceptors (Lipinski definition) is 9. The maximum Gasteiger partial charge on any atom is 0.416 e. The number of benzene rings is 2. The molecule has 0 bridgehead atoms. The fourth-order valence-electron chi connectivity index (χ4n) is 4.68. The Morgan fingerprint density at radius 3 is 2.41 bits per heavy atom. The van der Waals surface area contributed by atoms with Crippen molar-refractivity contribution in [3.05, 3.63) is 74.0 Å². The number of aliphatic hydroxyl groups excluding tert-OH is 1. The van der Waals surface area contributed by atoms with Crippen molar-refractivity contribution < 1.29 is 47.5 Å². The van der Waals surface area contributed by atoms with Crippen molar-refractivity contribution in [3.8, 4) is 11.5 Å². The summed E-state index contributed by atoms with van der Waals surface area (Å²) in [6.07, 6.45) is -1.02. The van der Waals surface area contributed by atoms with E-state index in [1.807, 2.05) is 25.6 Å². The van der Waals surface area contributed by atoms with Gasteiger partial charge in [0.25, 0.3) is 5.69 Å². The molecule has 2 aromatic rings. The summed E-state index contributed by atoms with van der Waals surface area (Å²) in [5.74, 6) is -0.312. The number of hydrogen-bond donors (Lipinski definition) is 2. The fourth-order valence-corrected chi connectivity index (χ4v) is 5.88. The molecule has 0 spiro atoms. The van der Waals surface area contributed by atoms with Crippen LogP contribution in [-0.2, 0) is 15.8 Å². The number of allylic oxidation sites excluding steroid dienone is 2. The second-order valence-corrected chi connectivity index (χ2v) is 12.3. The van der Waals surface area contributed by atoms with Gasteiger partial charge in [-0.05, 0) is 55.7 Å². The molecule has 0 saturated carbocycles. The van der Waals surface area contributed by atoms with Crippen molar-refractivity contribution in [3.63, 3.8) is 0 Å². The highest BCUT2D eigenvalue weighted by Gasteiger charge is 2.32. The summed E-state index contributed by atoms with van der Waals surface area (Å²) < 4.78 is 42.9. The molecule has 3 rings (SSSR count). The van der Waals surface area contributed by atoms with Crippen LogP contribution in [0.15, 0.2) is 52.9 Å². The van der Waals surface area contributed by atoms with Gasteiger partial charge in [0.05, 0.1) is 26.8 Å². The smallest absolute Gasteiger partial charge is 0.416 e. The van der Waals surface area contributed by atoms with Crippen molar-refractivity contribution in [2.45, 2.75) is 71.2 Å². The number of ether oxygens (including phenoxy) is 1. The molecule has 1 aliphatic rings. The van der Waals surface area contributed by atoms with E-state index < -0.39 is 33.9 Å². The number of nitro benzene ring substituents is 1. The normalized spacial score (nSPS) is 16.0. The number of oxime groups is 1. The van der Waals surface area contributed by atoms with Gasteiger partial charge in [0.15, 0.2) is 5.78 Å². The average molecular weight is 689 g/mol. The Hall–Kier alpha value is -3.78. The minimum Gasteiger partial charge on any atom is -0.511 e. The van der Waals surface area contributed by atoms with Gasteiger partial charge in [-0.3, -0.25) is 14.9 Å². The van der Waals surface area contributed by atoms with E-state index >= 15 is 0 Å². The highest BCUT2D eigenvalue weighted by atomic mass is 35.5. The van der Waals surface area contributed by atoms with Crippen LogP contribution in [0.2, 0.25) is 5.02 Å². The second kappa shape index (κ2) is 17.8. The van der Waals surface area contributed by atoms with E-state index in [9.17, 15) is 38.0 Å². The summed E-state index contributed by atoms with van der Waals surface area (Å²) in [6, 6.07) is 5.27.